The third kappa shape index (κ3) is 8.71. The predicted molar refractivity (Wildman–Crippen MR) is 132 cm³/mol. The molecule has 2 atom stereocenters. The Morgan fingerprint density at radius 3 is 1.93 bits per heavy atom. The van der Waals surface area contributed by atoms with Gasteiger partial charge in [-0.2, -0.15) is 0 Å². The molecule has 6 nitrogen and oxygen atoms in total. The van der Waals surface area contributed by atoms with Gasteiger partial charge < -0.3 is 15.5 Å². The molecule has 0 saturated carbocycles. The summed E-state index contributed by atoms with van der Waals surface area (Å²) in [4.78, 5) is 12.1. The Balaban J connectivity index is 0.00000392. The van der Waals surface area contributed by atoms with Crippen LogP contribution >= 0.6 is 24.0 Å². The molecule has 2 aliphatic rings. The van der Waals surface area contributed by atoms with Gasteiger partial charge in [0.05, 0.1) is 0 Å². The summed E-state index contributed by atoms with van der Waals surface area (Å²) in [5.41, 5.74) is 0. The minimum atomic E-state index is 0. The summed E-state index contributed by atoms with van der Waals surface area (Å²) in [7, 11) is 4.09. The van der Waals surface area contributed by atoms with Crippen LogP contribution < -0.4 is 10.6 Å². The lowest BCUT2D eigenvalue weighted by atomic mass is 10.0. The zero-order valence-electron chi connectivity index (χ0n) is 18.9. The number of hydrogen-bond donors (Lipinski definition) is 2. The molecular formula is C21H45IN6. The van der Waals surface area contributed by atoms with Gasteiger partial charge in [-0.1, -0.05) is 26.7 Å². The van der Waals surface area contributed by atoms with E-state index < -0.39 is 0 Å². The molecule has 166 valence electrons. The van der Waals surface area contributed by atoms with Crippen molar-refractivity contribution in [3.8, 4) is 0 Å². The van der Waals surface area contributed by atoms with Gasteiger partial charge in [-0.15, -0.1) is 24.0 Å². The van der Waals surface area contributed by atoms with Crippen LogP contribution in [0.25, 0.3) is 0 Å². The molecule has 2 aliphatic heterocycles. The number of piperazine rings is 1. The summed E-state index contributed by atoms with van der Waals surface area (Å²) in [5, 5.41) is 7.16. The zero-order valence-corrected chi connectivity index (χ0v) is 21.2. The van der Waals surface area contributed by atoms with Crippen molar-refractivity contribution in [3.63, 3.8) is 0 Å². The molecule has 2 heterocycles. The van der Waals surface area contributed by atoms with Crippen LogP contribution in [0.3, 0.4) is 0 Å². The minimum Gasteiger partial charge on any atom is -0.355 e. The van der Waals surface area contributed by atoms with Gasteiger partial charge in [0.2, 0.25) is 0 Å². The van der Waals surface area contributed by atoms with Crippen molar-refractivity contribution in [2.45, 2.75) is 58.5 Å². The van der Waals surface area contributed by atoms with Gasteiger partial charge in [0.1, 0.15) is 0 Å². The van der Waals surface area contributed by atoms with E-state index in [9.17, 15) is 0 Å². The molecular weight excluding hydrogens is 463 g/mol. The molecule has 0 spiro atoms. The fourth-order valence-electron chi connectivity index (χ4n) is 4.27. The van der Waals surface area contributed by atoms with Crippen LogP contribution in [-0.2, 0) is 0 Å². The van der Waals surface area contributed by atoms with Gasteiger partial charge >= 0.3 is 0 Å². The predicted octanol–water partition coefficient (Wildman–Crippen LogP) is 2.31. The molecule has 0 aliphatic carbocycles. The van der Waals surface area contributed by atoms with Crippen LogP contribution in [0, 0.1) is 5.92 Å². The molecule has 0 aromatic carbocycles. The maximum absolute atomic E-state index is 4.46. The SMILES string of the molecule is CN=C(NCC(C)N1CCN(C)CC1)NCC(C(C)C)N1CCCCCC1.I. The van der Waals surface area contributed by atoms with Crippen LogP contribution in [-0.4, -0.2) is 99.2 Å². The first-order valence-corrected chi connectivity index (χ1v) is 11.1. The van der Waals surface area contributed by atoms with E-state index in [1.54, 1.807) is 0 Å². The maximum atomic E-state index is 4.46. The first kappa shape index (κ1) is 25.9. The topological polar surface area (TPSA) is 46.1 Å². The van der Waals surface area contributed by atoms with E-state index >= 15 is 0 Å². The Morgan fingerprint density at radius 1 is 0.821 bits per heavy atom. The minimum absolute atomic E-state index is 0. The number of nitrogens with one attached hydrogen (secondary N) is 2. The van der Waals surface area contributed by atoms with E-state index in [-0.39, 0.29) is 24.0 Å². The summed E-state index contributed by atoms with van der Waals surface area (Å²) in [6.07, 6.45) is 5.47. The van der Waals surface area contributed by atoms with Gasteiger partial charge in [0, 0.05) is 58.4 Å². The van der Waals surface area contributed by atoms with E-state index in [0.717, 1.165) is 32.1 Å². The van der Waals surface area contributed by atoms with Crippen molar-refractivity contribution in [3.05, 3.63) is 0 Å². The zero-order chi connectivity index (χ0) is 19.6. The lowest BCUT2D eigenvalue weighted by molar-refractivity contribution is 0.120. The number of nitrogens with zero attached hydrogens (tertiary/aromatic N) is 4. The molecule has 0 bridgehead atoms. The normalized spacial score (nSPS) is 23.0. The number of aliphatic imine (C=N–C) groups is 1. The summed E-state index contributed by atoms with van der Waals surface area (Å²) < 4.78 is 0. The Kier molecular flexibility index (Phi) is 12.9. The molecule has 7 heteroatoms. The van der Waals surface area contributed by atoms with Crippen molar-refractivity contribution < 1.29 is 0 Å². The van der Waals surface area contributed by atoms with Gasteiger partial charge in [0.25, 0.3) is 0 Å². The first-order chi connectivity index (χ1) is 13.0. The second-order valence-electron chi connectivity index (χ2n) is 8.78. The number of hydrogen-bond acceptors (Lipinski definition) is 4. The van der Waals surface area contributed by atoms with E-state index in [4.69, 9.17) is 0 Å². The third-order valence-electron chi connectivity index (χ3n) is 6.31. The van der Waals surface area contributed by atoms with Gasteiger partial charge in [-0.05, 0) is 45.8 Å². The Bertz CT molecular complexity index is 429. The highest BCUT2D eigenvalue weighted by Crippen LogP contribution is 2.17. The quantitative estimate of drug-likeness (QED) is 0.314. The van der Waals surface area contributed by atoms with Gasteiger partial charge in [0.15, 0.2) is 5.96 Å². The highest BCUT2D eigenvalue weighted by molar-refractivity contribution is 14.0. The molecule has 2 N–H and O–H groups in total. The second-order valence-corrected chi connectivity index (χ2v) is 8.78. The molecule has 0 amide bonds. The van der Waals surface area contributed by atoms with Crippen LogP contribution in [0.15, 0.2) is 4.99 Å². The lowest BCUT2D eigenvalue weighted by Crippen LogP contribution is -2.53. The average molecular weight is 509 g/mol. The number of halogens is 1. The summed E-state index contributed by atoms with van der Waals surface area (Å²) in [6.45, 7) is 16.1. The fourth-order valence-corrected chi connectivity index (χ4v) is 4.27. The summed E-state index contributed by atoms with van der Waals surface area (Å²) in [6, 6.07) is 1.11. The fraction of sp³-hybridized carbons (Fsp3) is 0.952. The van der Waals surface area contributed by atoms with Crippen LogP contribution in [0.4, 0.5) is 0 Å². The van der Waals surface area contributed by atoms with Crippen LogP contribution in [0.1, 0.15) is 46.5 Å². The van der Waals surface area contributed by atoms with Gasteiger partial charge in [-0.3, -0.25) is 14.8 Å². The summed E-state index contributed by atoms with van der Waals surface area (Å²) in [5.74, 6) is 1.59. The molecule has 2 unspecified atom stereocenters. The van der Waals surface area contributed by atoms with Crippen molar-refractivity contribution in [2.75, 3.05) is 66.5 Å². The number of likely N-dealkylation sites (tertiary alicyclic amines) is 1. The molecule has 2 saturated heterocycles. The molecule has 0 aromatic heterocycles. The molecule has 2 rings (SSSR count). The third-order valence-corrected chi connectivity index (χ3v) is 6.31. The first-order valence-electron chi connectivity index (χ1n) is 11.1. The lowest BCUT2D eigenvalue weighted by Gasteiger charge is -2.37. The van der Waals surface area contributed by atoms with Crippen LogP contribution in [0.2, 0.25) is 0 Å². The standard InChI is InChI=1S/C21H44N6.HI/c1-18(2)20(27-10-8-6-7-9-11-27)17-24-21(22-4)23-16-19(3)26-14-12-25(5)13-15-26;/h18-20H,6-17H2,1-5H3,(H2,22,23,24);1H. The Morgan fingerprint density at radius 2 is 1.39 bits per heavy atom. The van der Waals surface area contributed by atoms with E-state index in [2.05, 4.69) is 58.1 Å². The number of guanidine groups is 1. The van der Waals surface area contributed by atoms with E-state index in [1.165, 1.54) is 51.9 Å². The summed E-state index contributed by atoms with van der Waals surface area (Å²) >= 11 is 0. The monoisotopic (exact) mass is 508 g/mol. The van der Waals surface area contributed by atoms with E-state index in [1.807, 2.05) is 7.05 Å². The van der Waals surface area contributed by atoms with Crippen molar-refractivity contribution in [1.82, 2.24) is 25.3 Å². The molecule has 0 aromatic rings. The smallest absolute Gasteiger partial charge is 0.191 e. The molecule has 28 heavy (non-hydrogen) atoms. The average Bonchev–Trinajstić information content (AvgIpc) is 2.94. The van der Waals surface area contributed by atoms with Crippen LogP contribution in [0.5, 0.6) is 0 Å². The molecule has 2 fully saturated rings. The van der Waals surface area contributed by atoms with Crippen molar-refractivity contribution in [2.24, 2.45) is 10.9 Å². The van der Waals surface area contributed by atoms with Gasteiger partial charge in [-0.25, -0.2) is 0 Å². The number of likely N-dealkylation sites (N-methyl/N-ethyl adjacent to an activating group) is 1. The maximum Gasteiger partial charge on any atom is 0.191 e. The van der Waals surface area contributed by atoms with E-state index in [0.29, 0.717) is 18.0 Å². The largest absolute Gasteiger partial charge is 0.355 e. The Labute approximate surface area is 190 Å². The van der Waals surface area contributed by atoms with Crippen molar-refractivity contribution in [1.29, 1.82) is 0 Å². The number of rotatable bonds is 7. The molecule has 0 radical (unpaired) electrons. The van der Waals surface area contributed by atoms with Crippen molar-refractivity contribution >= 4 is 29.9 Å². The highest BCUT2D eigenvalue weighted by atomic mass is 127. The Hall–Kier alpha value is -0.120. The second kappa shape index (κ2) is 14.0. The highest BCUT2D eigenvalue weighted by Gasteiger charge is 2.23.